The normalized spacial score (nSPS) is 13.4. The molecule has 0 radical (unpaired) electrons. The topological polar surface area (TPSA) is 89.0 Å². The molecule has 0 unspecified atom stereocenters. The maximum absolute atomic E-state index is 12.0. The third kappa shape index (κ3) is 4.23. The number of carbonyl (C=O) groups excluding carboxylic acids is 1. The minimum atomic E-state index is -0.305. The zero-order chi connectivity index (χ0) is 16.1. The average Bonchev–Trinajstić information content (AvgIpc) is 2.96. The van der Waals surface area contributed by atoms with Crippen molar-refractivity contribution in [2.24, 2.45) is 0 Å². The number of anilines is 1. The summed E-state index contributed by atoms with van der Waals surface area (Å²) in [4.78, 5) is 26.0. The highest BCUT2D eigenvalue weighted by Crippen LogP contribution is 2.26. The van der Waals surface area contributed by atoms with E-state index < -0.39 is 0 Å². The van der Waals surface area contributed by atoms with E-state index in [2.05, 4.69) is 25.6 Å². The zero-order valence-electron chi connectivity index (χ0n) is 13.0. The van der Waals surface area contributed by atoms with Gasteiger partial charge in [0.2, 0.25) is 0 Å². The van der Waals surface area contributed by atoms with Gasteiger partial charge in [-0.3, -0.25) is 5.32 Å². The molecule has 2 heterocycles. The molecule has 0 saturated carbocycles. The molecule has 8 heteroatoms. The summed E-state index contributed by atoms with van der Waals surface area (Å²) in [6, 6.07) is 1.38. The van der Waals surface area contributed by atoms with Crippen LogP contribution >= 0.6 is 11.3 Å². The van der Waals surface area contributed by atoms with Crippen LogP contribution in [-0.2, 0) is 30.7 Å². The molecule has 0 spiro atoms. The fourth-order valence-electron chi connectivity index (χ4n) is 2.49. The van der Waals surface area contributed by atoms with Crippen molar-refractivity contribution < 1.29 is 9.53 Å². The number of amides is 2. The van der Waals surface area contributed by atoms with Gasteiger partial charge >= 0.3 is 6.03 Å². The van der Waals surface area contributed by atoms with Crippen molar-refractivity contribution in [2.45, 2.75) is 38.8 Å². The van der Waals surface area contributed by atoms with E-state index in [0.717, 1.165) is 17.8 Å². The third-order valence-electron chi connectivity index (χ3n) is 3.55. The van der Waals surface area contributed by atoms with E-state index in [9.17, 15) is 4.79 Å². The average molecular weight is 333 g/mol. The molecule has 122 valence electrons. The molecular formula is C15H19N5O2S. The fraction of sp³-hybridized carbons (Fsp3) is 0.467. The van der Waals surface area contributed by atoms with E-state index >= 15 is 0 Å². The standard InChI is InChI=1S/C15H19N5O2S/c1-22-8-10-6-13(18-9-17-10)20-15(21)16-7-14-19-11-4-2-3-5-12(11)23-14/h6,9H,2-5,7-8H2,1H3,(H2,16,17,18,20,21). The second-order valence-corrected chi connectivity index (χ2v) is 6.49. The van der Waals surface area contributed by atoms with E-state index in [1.165, 1.54) is 29.7 Å². The number of ether oxygens (including phenoxy) is 1. The molecule has 7 nitrogen and oxygen atoms in total. The predicted octanol–water partition coefficient (Wildman–Crippen LogP) is 2.28. The molecule has 0 fully saturated rings. The third-order valence-corrected chi connectivity index (χ3v) is 4.71. The van der Waals surface area contributed by atoms with Crippen LogP contribution in [0.4, 0.5) is 10.6 Å². The Morgan fingerprint density at radius 1 is 1.35 bits per heavy atom. The molecule has 0 bridgehead atoms. The molecule has 2 N–H and O–H groups in total. The molecule has 2 aromatic rings. The molecule has 2 amide bonds. The number of aromatic nitrogens is 3. The van der Waals surface area contributed by atoms with Gasteiger partial charge in [-0.2, -0.15) is 0 Å². The highest BCUT2D eigenvalue weighted by molar-refractivity contribution is 7.11. The second kappa shape index (κ2) is 7.47. The van der Waals surface area contributed by atoms with Crippen molar-refractivity contribution >= 4 is 23.2 Å². The molecule has 0 saturated heterocycles. The van der Waals surface area contributed by atoms with Crippen molar-refractivity contribution in [1.82, 2.24) is 20.3 Å². The number of thiazole rings is 1. The largest absolute Gasteiger partial charge is 0.378 e. The first kappa shape index (κ1) is 15.8. The molecule has 1 aliphatic rings. The van der Waals surface area contributed by atoms with Crippen molar-refractivity contribution in [3.05, 3.63) is 33.7 Å². The van der Waals surface area contributed by atoms with Crippen LogP contribution in [0.2, 0.25) is 0 Å². The Labute approximate surface area is 138 Å². The second-order valence-electron chi connectivity index (χ2n) is 5.32. The Kier molecular flexibility index (Phi) is 5.14. The summed E-state index contributed by atoms with van der Waals surface area (Å²) in [5.41, 5.74) is 1.92. The van der Waals surface area contributed by atoms with Crippen molar-refractivity contribution in [2.75, 3.05) is 12.4 Å². The van der Waals surface area contributed by atoms with Gasteiger partial charge in [0.25, 0.3) is 0 Å². The lowest BCUT2D eigenvalue weighted by Gasteiger charge is -2.06. The quantitative estimate of drug-likeness (QED) is 0.876. The Hall–Kier alpha value is -2.06. The summed E-state index contributed by atoms with van der Waals surface area (Å²) in [6.45, 7) is 0.809. The molecule has 2 aromatic heterocycles. The number of rotatable bonds is 5. The van der Waals surface area contributed by atoms with E-state index in [0.29, 0.717) is 24.7 Å². The highest BCUT2D eigenvalue weighted by Gasteiger charge is 2.15. The van der Waals surface area contributed by atoms with Crippen molar-refractivity contribution in [3.63, 3.8) is 0 Å². The van der Waals surface area contributed by atoms with Crippen molar-refractivity contribution in [1.29, 1.82) is 0 Å². The summed E-state index contributed by atoms with van der Waals surface area (Å²) >= 11 is 1.70. The van der Waals surface area contributed by atoms with Crippen LogP contribution in [0.3, 0.4) is 0 Å². The van der Waals surface area contributed by atoms with Gasteiger partial charge in [-0.25, -0.2) is 19.7 Å². The Balaban J connectivity index is 1.53. The first-order chi connectivity index (χ1) is 11.2. The Morgan fingerprint density at radius 2 is 2.22 bits per heavy atom. The number of methoxy groups -OCH3 is 1. The molecule has 3 rings (SSSR count). The van der Waals surface area contributed by atoms with E-state index in [1.54, 1.807) is 24.5 Å². The minimum Gasteiger partial charge on any atom is -0.378 e. The minimum absolute atomic E-state index is 0.305. The number of hydrogen-bond donors (Lipinski definition) is 2. The van der Waals surface area contributed by atoms with Crippen LogP contribution < -0.4 is 10.6 Å². The van der Waals surface area contributed by atoms with Gasteiger partial charge in [-0.15, -0.1) is 11.3 Å². The van der Waals surface area contributed by atoms with Gasteiger partial charge in [-0.1, -0.05) is 0 Å². The molecular weight excluding hydrogens is 314 g/mol. The summed E-state index contributed by atoms with van der Waals surface area (Å²) in [7, 11) is 1.59. The SMILES string of the molecule is COCc1cc(NC(=O)NCc2nc3c(s2)CCCC3)ncn1. The predicted molar refractivity (Wildman–Crippen MR) is 87.4 cm³/mol. The number of nitrogens with zero attached hydrogens (tertiary/aromatic N) is 3. The fourth-order valence-corrected chi connectivity index (χ4v) is 3.59. The molecule has 0 aromatic carbocycles. The van der Waals surface area contributed by atoms with Crippen LogP contribution in [0.25, 0.3) is 0 Å². The molecule has 0 atom stereocenters. The summed E-state index contributed by atoms with van der Waals surface area (Å²) in [5.74, 6) is 0.447. The van der Waals surface area contributed by atoms with Gasteiger partial charge in [0.05, 0.1) is 24.5 Å². The van der Waals surface area contributed by atoms with Crippen LogP contribution in [-0.4, -0.2) is 28.1 Å². The smallest absolute Gasteiger partial charge is 0.320 e. The van der Waals surface area contributed by atoms with E-state index in [-0.39, 0.29) is 6.03 Å². The zero-order valence-corrected chi connectivity index (χ0v) is 13.8. The van der Waals surface area contributed by atoms with Crippen LogP contribution in [0.15, 0.2) is 12.4 Å². The van der Waals surface area contributed by atoms with Gasteiger partial charge in [0, 0.05) is 18.1 Å². The van der Waals surface area contributed by atoms with Crippen LogP contribution in [0.5, 0.6) is 0 Å². The Morgan fingerprint density at radius 3 is 3.04 bits per heavy atom. The number of nitrogens with one attached hydrogen (secondary N) is 2. The first-order valence-corrected chi connectivity index (χ1v) is 8.38. The van der Waals surface area contributed by atoms with Gasteiger partial charge < -0.3 is 10.1 Å². The first-order valence-electron chi connectivity index (χ1n) is 7.57. The van der Waals surface area contributed by atoms with Gasteiger partial charge in [-0.05, 0) is 25.7 Å². The van der Waals surface area contributed by atoms with E-state index in [1.807, 2.05) is 0 Å². The van der Waals surface area contributed by atoms with Crippen LogP contribution in [0, 0.1) is 0 Å². The van der Waals surface area contributed by atoms with Gasteiger partial charge in [0.1, 0.15) is 17.2 Å². The Bertz CT molecular complexity index is 665. The van der Waals surface area contributed by atoms with Gasteiger partial charge in [0.15, 0.2) is 0 Å². The molecule has 1 aliphatic carbocycles. The lowest BCUT2D eigenvalue weighted by Crippen LogP contribution is -2.28. The molecule has 0 aliphatic heterocycles. The molecule has 23 heavy (non-hydrogen) atoms. The number of carbonyl (C=O) groups is 1. The summed E-state index contributed by atoms with van der Waals surface area (Å²) in [5, 5.41) is 6.46. The summed E-state index contributed by atoms with van der Waals surface area (Å²) < 4.78 is 5.01. The monoisotopic (exact) mass is 333 g/mol. The number of aryl methyl sites for hydroxylation is 2. The van der Waals surface area contributed by atoms with Crippen LogP contribution in [0.1, 0.15) is 34.1 Å². The van der Waals surface area contributed by atoms with E-state index in [4.69, 9.17) is 4.74 Å². The number of hydrogen-bond acceptors (Lipinski definition) is 6. The van der Waals surface area contributed by atoms with Crippen molar-refractivity contribution in [3.8, 4) is 0 Å². The lowest BCUT2D eigenvalue weighted by molar-refractivity contribution is 0.181. The maximum atomic E-state index is 12.0. The maximum Gasteiger partial charge on any atom is 0.320 e. The number of urea groups is 1. The highest BCUT2D eigenvalue weighted by atomic mass is 32.1. The number of fused-ring (bicyclic) bond motifs is 1. The lowest BCUT2D eigenvalue weighted by atomic mass is 10.0. The summed E-state index contributed by atoms with van der Waals surface area (Å²) in [6.07, 6.45) is 6.02.